The SMILES string of the molecule is Cc1ccc(CSCC(=O)NCC(O)C(=O)O)cc1. The molecule has 1 amide bonds. The topological polar surface area (TPSA) is 86.6 Å². The van der Waals surface area contributed by atoms with E-state index in [1.165, 1.54) is 17.3 Å². The van der Waals surface area contributed by atoms with Gasteiger partial charge in [-0.3, -0.25) is 4.79 Å². The summed E-state index contributed by atoms with van der Waals surface area (Å²) in [6.07, 6.45) is -1.55. The van der Waals surface area contributed by atoms with Crippen molar-refractivity contribution in [2.75, 3.05) is 12.3 Å². The second-order valence-corrected chi connectivity index (χ2v) is 5.12. The first-order valence-corrected chi connectivity index (χ1v) is 6.95. The predicted octanol–water partition coefficient (Wildman–Crippen LogP) is 0.790. The molecule has 0 bridgehead atoms. The number of aliphatic carboxylic acids is 1. The molecule has 0 aromatic heterocycles. The lowest BCUT2D eigenvalue weighted by Gasteiger charge is -2.07. The van der Waals surface area contributed by atoms with Gasteiger partial charge in [0, 0.05) is 5.75 Å². The van der Waals surface area contributed by atoms with Gasteiger partial charge >= 0.3 is 5.97 Å². The third-order valence-corrected chi connectivity index (χ3v) is 3.40. The number of aliphatic hydroxyl groups excluding tert-OH is 1. The molecule has 104 valence electrons. The molecule has 0 saturated carbocycles. The molecule has 1 atom stereocenters. The van der Waals surface area contributed by atoms with Crippen molar-refractivity contribution >= 4 is 23.6 Å². The standard InChI is InChI=1S/C13H17NO4S/c1-9-2-4-10(5-3-9)7-19-8-12(16)14-6-11(15)13(17)18/h2-5,11,15H,6-8H2,1H3,(H,14,16)(H,17,18). The fourth-order valence-corrected chi connectivity index (χ4v) is 2.11. The van der Waals surface area contributed by atoms with Crippen LogP contribution in [-0.2, 0) is 15.3 Å². The van der Waals surface area contributed by atoms with Gasteiger partial charge in [-0.15, -0.1) is 11.8 Å². The summed E-state index contributed by atoms with van der Waals surface area (Å²) in [7, 11) is 0. The third-order valence-electron chi connectivity index (χ3n) is 2.40. The first-order valence-electron chi connectivity index (χ1n) is 5.80. The highest BCUT2D eigenvalue weighted by atomic mass is 32.2. The van der Waals surface area contributed by atoms with E-state index in [-0.39, 0.29) is 18.2 Å². The minimum Gasteiger partial charge on any atom is -0.479 e. The molecule has 1 aromatic rings. The zero-order valence-electron chi connectivity index (χ0n) is 10.6. The Hall–Kier alpha value is -1.53. The van der Waals surface area contributed by atoms with E-state index < -0.39 is 12.1 Å². The fourth-order valence-electron chi connectivity index (χ4n) is 1.29. The molecule has 6 heteroatoms. The maximum absolute atomic E-state index is 11.4. The number of hydrogen-bond acceptors (Lipinski definition) is 4. The molecule has 0 heterocycles. The number of nitrogens with one attached hydrogen (secondary N) is 1. The van der Waals surface area contributed by atoms with Crippen molar-refractivity contribution < 1.29 is 19.8 Å². The Balaban J connectivity index is 2.20. The summed E-state index contributed by atoms with van der Waals surface area (Å²) < 4.78 is 0. The Bertz CT molecular complexity index is 433. The number of rotatable bonds is 7. The van der Waals surface area contributed by atoms with Crippen LogP contribution in [0.3, 0.4) is 0 Å². The van der Waals surface area contributed by atoms with E-state index in [1.807, 2.05) is 31.2 Å². The van der Waals surface area contributed by atoms with E-state index >= 15 is 0 Å². The molecule has 19 heavy (non-hydrogen) atoms. The summed E-state index contributed by atoms with van der Waals surface area (Å²) >= 11 is 1.44. The average molecular weight is 283 g/mol. The summed E-state index contributed by atoms with van der Waals surface area (Å²) in [6.45, 7) is 1.75. The van der Waals surface area contributed by atoms with Crippen LogP contribution >= 0.6 is 11.8 Å². The Morgan fingerprint density at radius 3 is 2.53 bits per heavy atom. The zero-order valence-corrected chi connectivity index (χ0v) is 11.4. The minimum absolute atomic E-state index is 0.236. The van der Waals surface area contributed by atoms with Crippen LogP contribution in [0.15, 0.2) is 24.3 Å². The molecule has 0 saturated heterocycles. The Morgan fingerprint density at radius 1 is 1.32 bits per heavy atom. The highest BCUT2D eigenvalue weighted by Crippen LogP contribution is 2.12. The summed E-state index contributed by atoms with van der Waals surface area (Å²) in [4.78, 5) is 21.7. The first kappa shape index (κ1) is 15.5. The summed E-state index contributed by atoms with van der Waals surface area (Å²) in [5, 5.41) is 19.8. The molecule has 1 aromatic carbocycles. The Kier molecular flexibility index (Phi) is 6.38. The zero-order chi connectivity index (χ0) is 14.3. The molecule has 0 aliphatic carbocycles. The number of carboxylic acids is 1. The van der Waals surface area contributed by atoms with Gasteiger partial charge < -0.3 is 15.5 Å². The number of carboxylic acid groups (broad SMARTS) is 1. The summed E-state index contributed by atoms with van der Waals surface area (Å²) in [5.41, 5.74) is 2.32. The molecular weight excluding hydrogens is 266 g/mol. The Morgan fingerprint density at radius 2 is 1.95 bits per heavy atom. The normalized spacial score (nSPS) is 11.9. The van der Waals surface area contributed by atoms with E-state index in [2.05, 4.69) is 5.32 Å². The van der Waals surface area contributed by atoms with Gasteiger partial charge in [0.1, 0.15) is 0 Å². The maximum Gasteiger partial charge on any atom is 0.334 e. The van der Waals surface area contributed by atoms with Gasteiger partial charge in [-0.25, -0.2) is 4.79 Å². The lowest BCUT2D eigenvalue weighted by molar-refractivity contribution is -0.146. The van der Waals surface area contributed by atoms with Crippen LogP contribution < -0.4 is 5.32 Å². The average Bonchev–Trinajstić information content (AvgIpc) is 2.38. The smallest absolute Gasteiger partial charge is 0.334 e. The van der Waals surface area contributed by atoms with E-state index in [4.69, 9.17) is 10.2 Å². The number of aliphatic hydroxyl groups is 1. The lowest BCUT2D eigenvalue weighted by Crippen LogP contribution is -2.37. The van der Waals surface area contributed by atoms with E-state index in [9.17, 15) is 9.59 Å². The number of benzene rings is 1. The predicted molar refractivity (Wildman–Crippen MR) is 74.0 cm³/mol. The van der Waals surface area contributed by atoms with Gasteiger partial charge in [-0.1, -0.05) is 29.8 Å². The number of aryl methyl sites for hydroxylation is 1. The molecule has 5 nitrogen and oxygen atoms in total. The molecule has 0 spiro atoms. The van der Waals surface area contributed by atoms with Crippen molar-refractivity contribution in [1.82, 2.24) is 5.32 Å². The van der Waals surface area contributed by atoms with Gasteiger partial charge in [-0.2, -0.15) is 0 Å². The fraction of sp³-hybridized carbons (Fsp3) is 0.385. The van der Waals surface area contributed by atoms with Gasteiger partial charge in [0.2, 0.25) is 5.91 Å². The number of carbonyl (C=O) groups is 2. The largest absolute Gasteiger partial charge is 0.479 e. The van der Waals surface area contributed by atoms with Crippen molar-refractivity contribution in [3.05, 3.63) is 35.4 Å². The van der Waals surface area contributed by atoms with Crippen LogP contribution in [0.2, 0.25) is 0 Å². The monoisotopic (exact) mass is 283 g/mol. The van der Waals surface area contributed by atoms with E-state index in [1.54, 1.807) is 0 Å². The van der Waals surface area contributed by atoms with Crippen LogP contribution in [0.1, 0.15) is 11.1 Å². The van der Waals surface area contributed by atoms with Crippen LogP contribution in [0.25, 0.3) is 0 Å². The van der Waals surface area contributed by atoms with Gasteiger partial charge in [0.15, 0.2) is 6.10 Å². The minimum atomic E-state index is -1.55. The number of carbonyl (C=O) groups excluding carboxylic acids is 1. The van der Waals surface area contributed by atoms with Gasteiger partial charge in [-0.05, 0) is 12.5 Å². The van der Waals surface area contributed by atoms with Crippen LogP contribution in [0.4, 0.5) is 0 Å². The van der Waals surface area contributed by atoms with Crippen LogP contribution in [0.5, 0.6) is 0 Å². The number of hydrogen-bond donors (Lipinski definition) is 3. The van der Waals surface area contributed by atoms with Crippen molar-refractivity contribution in [3.8, 4) is 0 Å². The second-order valence-electron chi connectivity index (χ2n) is 4.14. The summed E-state index contributed by atoms with van der Waals surface area (Å²) in [5.74, 6) is -0.667. The van der Waals surface area contributed by atoms with Crippen molar-refractivity contribution in [2.45, 2.75) is 18.8 Å². The molecule has 0 aliphatic rings. The van der Waals surface area contributed by atoms with Crippen LogP contribution in [0, 0.1) is 6.92 Å². The second kappa shape index (κ2) is 7.81. The van der Waals surface area contributed by atoms with Gasteiger partial charge in [0.25, 0.3) is 0 Å². The number of amides is 1. The number of thioether (sulfide) groups is 1. The quantitative estimate of drug-likeness (QED) is 0.689. The summed E-state index contributed by atoms with van der Waals surface area (Å²) in [6, 6.07) is 8.04. The molecule has 0 radical (unpaired) electrons. The molecule has 0 fully saturated rings. The van der Waals surface area contributed by atoms with Crippen molar-refractivity contribution in [1.29, 1.82) is 0 Å². The highest BCUT2D eigenvalue weighted by molar-refractivity contribution is 7.99. The van der Waals surface area contributed by atoms with Gasteiger partial charge in [0.05, 0.1) is 12.3 Å². The van der Waals surface area contributed by atoms with Crippen LogP contribution in [-0.4, -0.2) is 40.5 Å². The molecule has 1 rings (SSSR count). The molecular formula is C13H17NO4S. The highest BCUT2D eigenvalue weighted by Gasteiger charge is 2.13. The van der Waals surface area contributed by atoms with E-state index in [0.717, 1.165) is 11.3 Å². The van der Waals surface area contributed by atoms with Crippen molar-refractivity contribution in [2.24, 2.45) is 0 Å². The van der Waals surface area contributed by atoms with Crippen molar-refractivity contribution in [3.63, 3.8) is 0 Å². The molecule has 1 unspecified atom stereocenters. The third kappa shape index (κ3) is 6.26. The molecule has 3 N–H and O–H groups in total. The maximum atomic E-state index is 11.4. The first-order chi connectivity index (χ1) is 8.99. The Labute approximate surface area is 116 Å². The lowest BCUT2D eigenvalue weighted by atomic mass is 10.2. The molecule has 0 aliphatic heterocycles. The van der Waals surface area contributed by atoms with E-state index in [0.29, 0.717) is 0 Å².